The fourth-order valence-electron chi connectivity index (χ4n) is 8.34. The summed E-state index contributed by atoms with van der Waals surface area (Å²) < 4.78 is 16.9. The maximum atomic E-state index is 12.9. The first kappa shape index (κ1) is 67.6. The van der Waals surface area contributed by atoms with Gasteiger partial charge in [-0.05, 0) is 116 Å². The Kier molecular flexibility index (Phi) is 56.3. The van der Waals surface area contributed by atoms with Crippen molar-refractivity contribution in [2.45, 2.75) is 297 Å². The molecule has 1 atom stereocenters. The van der Waals surface area contributed by atoms with E-state index in [9.17, 15) is 14.4 Å². The van der Waals surface area contributed by atoms with Crippen molar-refractivity contribution in [2.75, 3.05) is 13.2 Å². The molecule has 0 aliphatic heterocycles. The highest BCUT2D eigenvalue weighted by Crippen LogP contribution is 2.15. The van der Waals surface area contributed by atoms with Gasteiger partial charge in [-0.25, -0.2) is 0 Å². The summed E-state index contributed by atoms with van der Waals surface area (Å²) in [6.45, 7) is 6.49. The van der Waals surface area contributed by atoms with Crippen LogP contribution in [0.1, 0.15) is 290 Å². The number of rotatable bonds is 54. The van der Waals surface area contributed by atoms with E-state index in [4.69, 9.17) is 14.2 Å². The van der Waals surface area contributed by atoms with E-state index in [0.717, 1.165) is 116 Å². The third-order valence-electron chi connectivity index (χ3n) is 12.9. The molecule has 0 N–H and O–H groups in total. The molecular formula is C65H112O6. The average Bonchev–Trinajstić information content (AvgIpc) is 3.37. The van der Waals surface area contributed by atoms with Crippen molar-refractivity contribution in [2.24, 2.45) is 0 Å². The molecule has 0 heterocycles. The number of hydrogen-bond acceptors (Lipinski definition) is 6. The van der Waals surface area contributed by atoms with Crippen molar-refractivity contribution in [1.82, 2.24) is 0 Å². The molecule has 0 fully saturated rings. The molecule has 0 aromatic carbocycles. The molecule has 0 aliphatic rings. The van der Waals surface area contributed by atoms with E-state index in [1.807, 2.05) is 0 Å². The van der Waals surface area contributed by atoms with Crippen molar-refractivity contribution >= 4 is 17.9 Å². The van der Waals surface area contributed by atoms with E-state index in [0.29, 0.717) is 19.3 Å². The zero-order chi connectivity index (χ0) is 51.4. The molecule has 0 rings (SSSR count). The smallest absolute Gasteiger partial charge is 0.306 e. The summed E-state index contributed by atoms with van der Waals surface area (Å²) in [4.78, 5) is 38.2. The quantitative estimate of drug-likeness (QED) is 0.0261. The normalized spacial score (nSPS) is 12.7. The van der Waals surface area contributed by atoms with Gasteiger partial charge >= 0.3 is 17.9 Å². The highest BCUT2D eigenvalue weighted by atomic mass is 16.6. The van der Waals surface area contributed by atoms with E-state index < -0.39 is 6.10 Å². The lowest BCUT2D eigenvalue weighted by Gasteiger charge is -2.18. The molecular weight excluding hydrogens is 877 g/mol. The second-order valence-corrected chi connectivity index (χ2v) is 19.9. The topological polar surface area (TPSA) is 78.9 Å². The summed E-state index contributed by atoms with van der Waals surface area (Å²) in [6, 6.07) is 0. The van der Waals surface area contributed by atoms with E-state index in [-0.39, 0.29) is 31.1 Å². The van der Waals surface area contributed by atoms with Gasteiger partial charge in [0, 0.05) is 19.3 Å². The maximum Gasteiger partial charge on any atom is 0.306 e. The zero-order valence-electron chi connectivity index (χ0n) is 46.7. The summed E-state index contributed by atoms with van der Waals surface area (Å²) in [5.74, 6) is -0.909. The minimum Gasteiger partial charge on any atom is -0.462 e. The van der Waals surface area contributed by atoms with Gasteiger partial charge in [0.15, 0.2) is 6.10 Å². The molecule has 0 bridgehead atoms. The molecule has 0 amide bonds. The van der Waals surface area contributed by atoms with Crippen LogP contribution >= 0.6 is 0 Å². The van der Waals surface area contributed by atoms with Crippen LogP contribution in [0, 0.1) is 0 Å². The Labute approximate surface area is 439 Å². The molecule has 0 saturated heterocycles. The van der Waals surface area contributed by atoms with Gasteiger partial charge in [-0.15, -0.1) is 0 Å². The lowest BCUT2D eigenvalue weighted by atomic mass is 10.1. The molecule has 0 spiro atoms. The Hall–Kier alpha value is -3.41. The Morgan fingerprint density at radius 1 is 0.296 bits per heavy atom. The highest BCUT2D eigenvalue weighted by Gasteiger charge is 2.19. The number of carbonyl (C=O) groups is 3. The third-order valence-corrected chi connectivity index (χ3v) is 12.9. The van der Waals surface area contributed by atoms with Crippen LogP contribution in [0.5, 0.6) is 0 Å². The van der Waals surface area contributed by atoms with Crippen LogP contribution in [0.3, 0.4) is 0 Å². The van der Waals surface area contributed by atoms with E-state index in [1.165, 1.54) is 135 Å². The molecule has 0 aromatic heterocycles. The summed E-state index contributed by atoms with van der Waals surface area (Å²) in [5, 5.41) is 0. The maximum absolute atomic E-state index is 12.9. The van der Waals surface area contributed by atoms with Crippen LogP contribution in [-0.4, -0.2) is 37.2 Å². The number of allylic oxidation sites excluding steroid dienone is 14. The number of carbonyl (C=O) groups excluding carboxylic acids is 3. The minimum atomic E-state index is -0.791. The number of ether oxygens (including phenoxy) is 3. The molecule has 0 saturated carbocycles. The summed E-state index contributed by atoms with van der Waals surface area (Å²) in [6.07, 6.45) is 77.1. The Morgan fingerprint density at radius 3 is 0.887 bits per heavy atom. The molecule has 1 unspecified atom stereocenters. The summed E-state index contributed by atoms with van der Waals surface area (Å²) >= 11 is 0. The number of hydrogen-bond donors (Lipinski definition) is 0. The average molecular weight is 990 g/mol. The van der Waals surface area contributed by atoms with Gasteiger partial charge < -0.3 is 14.2 Å². The number of esters is 3. The van der Waals surface area contributed by atoms with Crippen LogP contribution in [0.2, 0.25) is 0 Å². The van der Waals surface area contributed by atoms with Gasteiger partial charge in [0.2, 0.25) is 0 Å². The van der Waals surface area contributed by atoms with Crippen LogP contribution < -0.4 is 0 Å². The summed E-state index contributed by atoms with van der Waals surface area (Å²) in [5.41, 5.74) is 0. The van der Waals surface area contributed by atoms with Gasteiger partial charge in [0.05, 0.1) is 0 Å². The van der Waals surface area contributed by atoms with E-state index >= 15 is 0 Å². The Bertz CT molecular complexity index is 1370. The summed E-state index contributed by atoms with van der Waals surface area (Å²) in [7, 11) is 0. The largest absolute Gasteiger partial charge is 0.462 e. The molecule has 0 aromatic rings. The monoisotopic (exact) mass is 989 g/mol. The van der Waals surface area contributed by atoms with Gasteiger partial charge in [-0.3, -0.25) is 14.4 Å². The minimum absolute atomic E-state index is 0.0874. The Morgan fingerprint density at radius 2 is 0.549 bits per heavy atom. The van der Waals surface area contributed by atoms with Crippen LogP contribution in [-0.2, 0) is 28.6 Å². The number of unbranched alkanes of at least 4 members (excludes halogenated alkanes) is 29. The Balaban J connectivity index is 4.40. The first-order valence-electron chi connectivity index (χ1n) is 30.1. The predicted octanol–water partition coefficient (Wildman–Crippen LogP) is 20.3. The third kappa shape index (κ3) is 57.4. The highest BCUT2D eigenvalue weighted by molar-refractivity contribution is 5.71. The first-order chi connectivity index (χ1) is 35.0. The second-order valence-electron chi connectivity index (χ2n) is 19.9. The first-order valence-corrected chi connectivity index (χ1v) is 30.1. The molecule has 0 radical (unpaired) electrons. The van der Waals surface area contributed by atoms with Gasteiger partial charge in [0.25, 0.3) is 0 Å². The zero-order valence-corrected chi connectivity index (χ0v) is 46.7. The fraction of sp³-hybridized carbons (Fsp3) is 0.738. The van der Waals surface area contributed by atoms with Crippen molar-refractivity contribution in [3.8, 4) is 0 Å². The second kappa shape index (κ2) is 59.2. The van der Waals surface area contributed by atoms with Crippen molar-refractivity contribution < 1.29 is 28.6 Å². The van der Waals surface area contributed by atoms with Crippen LogP contribution in [0.15, 0.2) is 85.1 Å². The van der Waals surface area contributed by atoms with E-state index in [1.54, 1.807) is 0 Å². The molecule has 408 valence electrons. The lowest BCUT2D eigenvalue weighted by Crippen LogP contribution is -2.30. The van der Waals surface area contributed by atoms with Crippen molar-refractivity contribution in [1.29, 1.82) is 0 Å². The van der Waals surface area contributed by atoms with Gasteiger partial charge in [-0.1, -0.05) is 241 Å². The van der Waals surface area contributed by atoms with Crippen LogP contribution in [0.4, 0.5) is 0 Å². The fourth-order valence-corrected chi connectivity index (χ4v) is 8.34. The molecule has 6 heteroatoms. The van der Waals surface area contributed by atoms with Crippen molar-refractivity contribution in [3.05, 3.63) is 85.1 Å². The molecule has 71 heavy (non-hydrogen) atoms. The van der Waals surface area contributed by atoms with Gasteiger partial charge in [0.1, 0.15) is 13.2 Å². The van der Waals surface area contributed by atoms with Crippen LogP contribution in [0.25, 0.3) is 0 Å². The predicted molar refractivity (Wildman–Crippen MR) is 307 cm³/mol. The SMILES string of the molecule is CC/C=C\C/C=C\C/C=C\CCCCCCCC(=O)OCC(COC(=O)CCCCCCCCCCC/C=C\C/C=C\CCCCCCC)OC(=O)CCCCCCCCC/C=C\C/C=C\CCCCC. The van der Waals surface area contributed by atoms with E-state index in [2.05, 4.69) is 106 Å². The lowest BCUT2D eigenvalue weighted by molar-refractivity contribution is -0.167. The van der Waals surface area contributed by atoms with Gasteiger partial charge in [-0.2, -0.15) is 0 Å². The van der Waals surface area contributed by atoms with Crippen molar-refractivity contribution in [3.63, 3.8) is 0 Å². The molecule has 6 nitrogen and oxygen atoms in total. The molecule has 0 aliphatic carbocycles. The standard InChI is InChI=1S/C65H112O6/c1-4-7-10-13-16-19-22-25-28-30-31-32-33-35-37-40-43-46-49-52-55-58-64(67)70-61-62(60-69-63(66)57-54-51-48-45-42-39-36-27-24-21-18-15-12-9-6-3)71-65(68)59-56-53-50-47-44-41-38-34-29-26-23-20-17-14-11-8-5-2/h9,12,17-18,20-22,25-27,29-31,36,62H,4-8,10-11,13-16,19,23-24,28,32-35,37-61H2,1-3H3/b12-9-,20-17-,21-18-,25-22-,29-26-,31-30-,36-27-.